The Morgan fingerprint density at radius 1 is 0.976 bits per heavy atom. The lowest BCUT2D eigenvalue weighted by molar-refractivity contribution is -0.384. The maximum atomic E-state index is 14.1. The van der Waals surface area contributed by atoms with E-state index in [1.807, 2.05) is 38.1 Å². The normalized spacial score (nSPS) is 11.9. The lowest BCUT2D eigenvalue weighted by Crippen LogP contribution is -2.52. The summed E-state index contributed by atoms with van der Waals surface area (Å²) in [6.45, 7) is 5.58. The Balaban J connectivity index is 2.08. The van der Waals surface area contributed by atoms with Crippen molar-refractivity contribution in [1.29, 1.82) is 0 Å². The summed E-state index contributed by atoms with van der Waals surface area (Å²) in [7, 11) is -4.31. The highest BCUT2D eigenvalue weighted by Crippen LogP contribution is 2.28. The number of amides is 2. The van der Waals surface area contributed by atoms with Gasteiger partial charge in [0.15, 0.2) is 0 Å². The van der Waals surface area contributed by atoms with Gasteiger partial charge in [-0.05, 0) is 49.1 Å². The standard InChI is InChI=1S/C30H36N4O6S/c1-4-6-19-31-30(36)28(5-2)32(21-24-14-11-10-13-23(24)3)29(35)22-33(25-15-12-16-26(20-25)34(37)38)41(39,40)27-17-8-7-9-18-27/h7-18,20,28H,4-6,19,21-22H2,1-3H3,(H,31,36)/t28-/m0/s1. The average molecular weight is 581 g/mol. The first-order valence-electron chi connectivity index (χ1n) is 13.5. The van der Waals surface area contributed by atoms with Crippen LogP contribution in [0.1, 0.15) is 44.2 Å². The number of hydrogen-bond acceptors (Lipinski definition) is 6. The molecule has 1 N–H and O–H groups in total. The molecular weight excluding hydrogens is 544 g/mol. The predicted octanol–water partition coefficient (Wildman–Crippen LogP) is 4.82. The number of carbonyl (C=O) groups excluding carboxylic acids is 2. The molecule has 218 valence electrons. The predicted molar refractivity (Wildman–Crippen MR) is 158 cm³/mol. The summed E-state index contributed by atoms with van der Waals surface area (Å²) in [6, 6.07) is 19.3. The number of carbonyl (C=O) groups is 2. The zero-order valence-electron chi connectivity index (χ0n) is 23.5. The molecule has 3 aromatic rings. The zero-order valence-corrected chi connectivity index (χ0v) is 24.3. The van der Waals surface area contributed by atoms with Crippen LogP contribution in [0.15, 0.2) is 83.8 Å². The van der Waals surface area contributed by atoms with Crippen molar-refractivity contribution in [2.45, 2.75) is 57.5 Å². The van der Waals surface area contributed by atoms with Crippen LogP contribution in [0.3, 0.4) is 0 Å². The molecule has 0 aliphatic heterocycles. The second-order valence-electron chi connectivity index (χ2n) is 9.62. The molecule has 0 saturated carbocycles. The van der Waals surface area contributed by atoms with E-state index in [0.717, 1.165) is 34.3 Å². The Labute approximate surface area is 241 Å². The minimum absolute atomic E-state index is 0.0345. The summed E-state index contributed by atoms with van der Waals surface area (Å²) in [4.78, 5) is 39.5. The van der Waals surface area contributed by atoms with Gasteiger partial charge in [-0.1, -0.05) is 68.8 Å². The lowest BCUT2D eigenvalue weighted by Gasteiger charge is -2.33. The van der Waals surface area contributed by atoms with Crippen LogP contribution >= 0.6 is 0 Å². The molecule has 0 saturated heterocycles. The monoisotopic (exact) mass is 580 g/mol. The van der Waals surface area contributed by atoms with Gasteiger partial charge in [-0.3, -0.25) is 24.0 Å². The Morgan fingerprint density at radius 2 is 1.66 bits per heavy atom. The van der Waals surface area contributed by atoms with Crippen LogP contribution in [0.2, 0.25) is 0 Å². The molecule has 41 heavy (non-hydrogen) atoms. The summed E-state index contributed by atoms with van der Waals surface area (Å²) >= 11 is 0. The fourth-order valence-corrected chi connectivity index (χ4v) is 5.83. The van der Waals surface area contributed by atoms with E-state index in [4.69, 9.17) is 0 Å². The molecule has 3 rings (SSSR count). The van der Waals surface area contributed by atoms with Gasteiger partial charge in [-0.2, -0.15) is 0 Å². The highest BCUT2D eigenvalue weighted by atomic mass is 32.2. The van der Waals surface area contributed by atoms with Crippen LogP contribution < -0.4 is 9.62 Å². The number of non-ortho nitro benzene ring substituents is 1. The summed E-state index contributed by atoms with van der Waals surface area (Å²) in [5.74, 6) is -0.938. The van der Waals surface area contributed by atoms with E-state index < -0.39 is 33.4 Å². The van der Waals surface area contributed by atoms with E-state index in [0.29, 0.717) is 13.0 Å². The molecule has 0 spiro atoms. The smallest absolute Gasteiger partial charge is 0.271 e. The summed E-state index contributed by atoms with van der Waals surface area (Å²) in [5.41, 5.74) is 1.38. The largest absolute Gasteiger partial charge is 0.354 e. The van der Waals surface area contributed by atoms with Crippen molar-refractivity contribution in [2.75, 3.05) is 17.4 Å². The number of rotatable bonds is 14. The number of unbranched alkanes of at least 4 members (excludes halogenated alkanes) is 1. The first-order chi connectivity index (χ1) is 19.6. The molecule has 11 heteroatoms. The first-order valence-corrected chi connectivity index (χ1v) is 15.0. The Bertz CT molecular complexity index is 1460. The van der Waals surface area contributed by atoms with E-state index >= 15 is 0 Å². The molecule has 0 unspecified atom stereocenters. The van der Waals surface area contributed by atoms with Crippen LogP contribution in [0.4, 0.5) is 11.4 Å². The number of nitrogens with one attached hydrogen (secondary N) is 1. The molecule has 0 bridgehead atoms. The maximum absolute atomic E-state index is 14.1. The van der Waals surface area contributed by atoms with Crippen LogP contribution in [0.5, 0.6) is 0 Å². The van der Waals surface area contributed by atoms with Crippen LogP contribution in [0.25, 0.3) is 0 Å². The van der Waals surface area contributed by atoms with Gasteiger partial charge in [0.2, 0.25) is 11.8 Å². The SMILES string of the molecule is CCCCNC(=O)[C@H](CC)N(Cc1ccccc1C)C(=O)CN(c1cccc([N+](=O)[O-])c1)S(=O)(=O)c1ccccc1. The molecule has 0 radical (unpaired) electrons. The Hall–Kier alpha value is -4.25. The van der Waals surface area contributed by atoms with Crippen molar-refractivity contribution in [3.05, 3.63) is 100 Å². The zero-order chi connectivity index (χ0) is 30.0. The average Bonchev–Trinajstić information content (AvgIpc) is 2.97. The quantitative estimate of drug-likeness (QED) is 0.165. The van der Waals surface area contributed by atoms with Crippen molar-refractivity contribution in [2.24, 2.45) is 0 Å². The highest BCUT2D eigenvalue weighted by Gasteiger charge is 2.34. The van der Waals surface area contributed by atoms with Gasteiger partial charge in [-0.25, -0.2) is 8.42 Å². The molecule has 3 aromatic carbocycles. The molecule has 0 fully saturated rings. The van der Waals surface area contributed by atoms with Gasteiger partial charge in [-0.15, -0.1) is 0 Å². The fourth-order valence-electron chi connectivity index (χ4n) is 4.41. The van der Waals surface area contributed by atoms with Crippen molar-refractivity contribution >= 4 is 33.2 Å². The molecular formula is C30H36N4O6S. The van der Waals surface area contributed by atoms with E-state index in [1.54, 1.807) is 25.1 Å². The van der Waals surface area contributed by atoms with E-state index in [-0.39, 0.29) is 28.7 Å². The van der Waals surface area contributed by atoms with Crippen molar-refractivity contribution in [3.8, 4) is 0 Å². The van der Waals surface area contributed by atoms with Crippen molar-refractivity contribution in [1.82, 2.24) is 10.2 Å². The summed E-state index contributed by atoms with van der Waals surface area (Å²) in [6.07, 6.45) is 1.97. The Morgan fingerprint density at radius 3 is 2.29 bits per heavy atom. The second-order valence-corrected chi connectivity index (χ2v) is 11.5. The van der Waals surface area contributed by atoms with Gasteiger partial charge in [0.25, 0.3) is 15.7 Å². The number of nitrogens with zero attached hydrogens (tertiary/aromatic N) is 3. The van der Waals surface area contributed by atoms with Crippen LogP contribution in [-0.2, 0) is 26.2 Å². The lowest BCUT2D eigenvalue weighted by atomic mass is 10.1. The number of nitro groups is 1. The van der Waals surface area contributed by atoms with Gasteiger partial charge in [0.1, 0.15) is 12.6 Å². The highest BCUT2D eigenvalue weighted by molar-refractivity contribution is 7.92. The van der Waals surface area contributed by atoms with Crippen LogP contribution in [-0.4, -0.2) is 49.2 Å². The van der Waals surface area contributed by atoms with Gasteiger partial charge in [0, 0.05) is 25.2 Å². The Kier molecular flexibility index (Phi) is 11.0. The number of benzene rings is 3. The van der Waals surface area contributed by atoms with Crippen molar-refractivity contribution < 1.29 is 22.9 Å². The number of sulfonamides is 1. The number of anilines is 1. The topological polar surface area (TPSA) is 130 Å². The van der Waals surface area contributed by atoms with Gasteiger partial charge >= 0.3 is 0 Å². The third-order valence-corrected chi connectivity index (χ3v) is 8.54. The second kappa shape index (κ2) is 14.4. The minimum Gasteiger partial charge on any atom is -0.354 e. The number of aryl methyl sites for hydroxylation is 1. The minimum atomic E-state index is -4.31. The third kappa shape index (κ3) is 7.91. The maximum Gasteiger partial charge on any atom is 0.271 e. The van der Waals surface area contributed by atoms with Crippen LogP contribution in [0, 0.1) is 17.0 Å². The molecule has 0 heterocycles. The number of nitro benzene ring substituents is 1. The summed E-state index contributed by atoms with van der Waals surface area (Å²) in [5, 5.41) is 14.4. The van der Waals surface area contributed by atoms with Gasteiger partial charge < -0.3 is 10.2 Å². The molecule has 0 aliphatic carbocycles. The van der Waals surface area contributed by atoms with Crippen molar-refractivity contribution in [3.63, 3.8) is 0 Å². The molecule has 1 atom stereocenters. The third-order valence-electron chi connectivity index (χ3n) is 6.76. The molecule has 0 aliphatic rings. The van der Waals surface area contributed by atoms with E-state index in [2.05, 4.69) is 5.32 Å². The molecule has 10 nitrogen and oxygen atoms in total. The fraction of sp³-hybridized carbons (Fsp3) is 0.333. The summed E-state index contributed by atoms with van der Waals surface area (Å²) < 4.78 is 28.5. The van der Waals surface area contributed by atoms with E-state index in [9.17, 15) is 28.1 Å². The number of hydrogen-bond donors (Lipinski definition) is 1. The molecule has 2 amide bonds. The first kappa shape index (κ1) is 31.3. The van der Waals surface area contributed by atoms with E-state index in [1.165, 1.54) is 35.2 Å². The molecule has 0 aromatic heterocycles. The van der Waals surface area contributed by atoms with Gasteiger partial charge in [0.05, 0.1) is 15.5 Å².